The van der Waals surface area contributed by atoms with Crippen LogP contribution in [-0.2, 0) is 9.47 Å². The van der Waals surface area contributed by atoms with E-state index < -0.39 is 30.1 Å². The van der Waals surface area contributed by atoms with Gasteiger partial charge in [0, 0.05) is 0 Å². The van der Waals surface area contributed by atoms with E-state index in [0.717, 1.165) is 10.6 Å². The summed E-state index contributed by atoms with van der Waals surface area (Å²) in [6, 6.07) is 7.52. The van der Waals surface area contributed by atoms with Crippen molar-refractivity contribution in [1.82, 2.24) is 5.06 Å². The quantitative estimate of drug-likeness (QED) is 0.638. The third kappa shape index (κ3) is 3.73. The third-order valence-electron chi connectivity index (χ3n) is 3.71. The number of hydroxylamine groups is 2. The van der Waals surface area contributed by atoms with E-state index in [1.54, 1.807) is 26.0 Å². The highest BCUT2D eigenvalue weighted by molar-refractivity contribution is 5.26. The maximum Gasteiger partial charge on any atom is 0.164 e. The highest BCUT2D eigenvalue weighted by atomic mass is 16.8. The minimum atomic E-state index is -0.896. The van der Waals surface area contributed by atoms with E-state index in [1.807, 2.05) is 18.2 Å². The Morgan fingerprint density at radius 1 is 1.22 bits per heavy atom. The van der Waals surface area contributed by atoms with Crippen molar-refractivity contribution in [3.8, 4) is 24.7 Å². The zero-order valence-electron chi connectivity index (χ0n) is 13.2. The second kappa shape index (κ2) is 7.14. The van der Waals surface area contributed by atoms with Crippen LogP contribution >= 0.6 is 0 Å². The molecule has 23 heavy (non-hydrogen) atoms. The fraction of sp³-hybridized carbons (Fsp3) is 0.444. The SMILES string of the molecule is C#C[C@H](c1ccccc1)N(O)[C@@H](C#C)[C@@H]1OC(C)(C)O[C@@H]1CO. The largest absolute Gasteiger partial charge is 0.394 e. The Kier molecular flexibility index (Phi) is 5.43. The predicted octanol–water partition coefficient (Wildman–Crippen LogP) is 1.57. The Hall–Kier alpha value is -1.86. The molecule has 122 valence electrons. The topological polar surface area (TPSA) is 62.2 Å². The average molecular weight is 315 g/mol. The van der Waals surface area contributed by atoms with Gasteiger partial charge >= 0.3 is 0 Å². The van der Waals surface area contributed by atoms with Gasteiger partial charge in [-0.3, -0.25) is 0 Å². The molecule has 0 saturated carbocycles. The molecule has 0 radical (unpaired) electrons. The lowest BCUT2D eigenvalue weighted by atomic mass is 10.0. The normalized spacial score (nSPS) is 25.5. The molecule has 5 heteroatoms. The highest BCUT2D eigenvalue weighted by Crippen LogP contribution is 2.33. The molecule has 1 aromatic carbocycles. The highest BCUT2D eigenvalue weighted by Gasteiger charge is 2.47. The van der Waals surface area contributed by atoms with Crippen molar-refractivity contribution in [3.63, 3.8) is 0 Å². The number of rotatable bonds is 5. The second-order valence-corrected chi connectivity index (χ2v) is 5.79. The molecule has 2 rings (SSSR count). The Balaban J connectivity index is 2.26. The molecule has 0 aliphatic carbocycles. The number of nitrogens with zero attached hydrogens (tertiary/aromatic N) is 1. The first-order chi connectivity index (χ1) is 10.9. The molecule has 1 heterocycles. The summed E-state index contributed by atoms with van der Waals surface area (Å²) < 4.78 is 11.4. The van der Waals surface area contributed by atoms with Crippen molar-refractivity contribution in [2.24, 2.45) is 0 Å². The molecule has 0 amide bonds. The first-order valence-corrected chi connectivity index (χ1v) is 7.34. The van der Waals surface area contributed by atoms with Crippen LogP contribution in [0.3, 0.4) is 0 Å². The Labute approximate surface area is 136 Å². The van der Waals surface area contributed by atoms with Gasteiger partial charge in [0.15, 0.2) is 5.79 Å². The van der Waals surface area contributed by atoms with E-state index in [9.17, 15) is 10.3 Å². The van der Waals surface area contributed by atoms with Crippen LogP contribution in [0.2, 0.25) is 0 Å². The molecule has 0 spiro atoms. The first kappa shape index (κ1) is 17.5. The summed E-state index contributed by atoms with van der Waals surface area (Å²) >= 11 is 0. The zero-order chi connectivity index (χ0) is 17.0. The van der Waals surface area contributed by atoms with E-state index in [1.165, 1.54) is 0 Å². The molecular formula is C18H21NO4. The second-order valence-electron chi connectivity index (χ2n) is 5.79. The number of terminal acetylenes is 2. The van der Waals surface area contributed by atoms with Gasteiger partial charge in [-0.05, 0) is 19.4 Å². The van der Waals surface area contributed by atoms with Gasteiger partial charge in [-0.2, -0.15) is 5.06 Å². The van der Waals surface area contributed by atoms with Gasteiger partial charge in [0.25, 0.3) is 0 Å². The summed E-state index contributed by atoms with van der Waals surface area (Å²) in [5, 5.41) is 21.0. The maximum atomic E-state index is 10.6. The Morgan fingerprint density at radius 3 is 2.39 bits per heavy atom. The zero-order valence-corrected chi connectivity index (χ0v) is 13.2. The average Bonchev–Trinajstić information content (AvgIpc) is 2.85. The third-order valence-corrected chi connectivity index (χ3v) is 3.71. The smallest absolute Gasteiger partial charge is 0.164 e. The van der Waals surface area contributed by atoms with E-state index in [2.05, 4.69) is 11.8 Å². The molecule has 4 atom stereocenters. The number of ether oxygens (including phenoxy) is 2. The molecular weight excluding hydrogens is 294 g/mol. The molecule has 0 unspecified atom stereocenters. The number of aliphatic hydroxyl groups is 1. The van der Waals surface area contributed by atoms with Crippen LogP contribution < -0.4 is 0 Å². The van der Waals surface area contributed by atoms with E-state index in [-0.39, 0.29) is 6.61 Å². The Morgan fingerprint density at radius 2 is 1.87 bits per heavy atom. The molecule has 1 aliphatic heterocycles. The fourth-order valence-corrected chi connectivity index (χ4v) is 2.71. The van der Waals surface area contributed by atoms with Crippen LogP contribution in [-0.4, -0.2) is 46.0 Å². The van der Waals surface area contributed by atoms with E-state index >= 15 is 0 Å². The van der Waals surface area contributed by atoms with Crippen LogP contribution in [0.25, 0.3) is 0 Å². The molecule has 2 N–H and O–H groups in total. The summed E-state index contributed by atoms with van der Waals surface area (Å²) in [6.45, 7) is 3.17. The molecule has 1 aromatic rings. The number of hydrogen-bond acceptors (Lipinski definition) is 5. The van der Waals surface area contributed by atoms with Gasteiger partial charge in [-0.25, -0.2) is 0 Å². The first-order valence-electron chi connectivity index (χ1n) is 7.34. The minimum absolute atomic E-state index is 0.272. The van der Waals surface area contributed by atoms with Gasteiger partial charge in [0.1, 0.15) is 24.3 Å². The fourth-order valence-electron chi connectivity index (χ4n) is 2.71. The minimum Gasteiger partial charge on any atom is -0.394 e. The van der Waals surface area contributed by atoms with Crippen molar-refractivity contribution in [2.75, 3.05) is 6.61 Å². The van der Waals surface area contributed by atoms with Crippen LogP contribution in [0, 0.1) is 24.7 Å². The lowest BCUT2D eigenvalue weighted by molar-refractivity contribution is -0.182. The van der Waals surface area contributed by atoms with E-state index in [0.29, 0.717) is 0 Å². The molecule has 0 aromatic heterocycles. The lowest BCUT2D eigenvalue weighted by Crippen LogP contribution is -2.47. The van der Waals surface area contributed by atoms with Gasteiger partial charge in [-0.1, -0.05) is 42.2 Å². The van der Waals surface area contributed by atoms with Gasteiger partial charge < -0.3 is 19.8 Å². The Bertz CT molecular complexity index is 602. The maximum absolute atomic E-state index is 10.6. The van der Waals surface area contributed by atoms with Crippen molar-refractivity contribution in [3.05, 3.63) is 35.9 Å². The molecule has 1 aliphatic rings. The van der Waals surface area contributed by atoms with E-state index in [4.69, 9.17) is 22.3 Å². The van der Waals surface area contributed by atoms with Crippen LogP contribution in [0.5, 0.6) is 0 Å². The monoisotopic (exact) mass is 315 g/mol. The van der Waals surface area contributed by atoms with Crippen LogP contribution in [0.4, 0.5) is 0 Å². The van der Waals surface area contributed by atoms with Gasteiger partial charge in [0.2, 0.25) is 0 Å². The van der Waals surface area contributed by atoms with Gasteiger partial charge in [0.05, 0.1) is 6.61 Å². The standard InChI is InChI=1S/C18H21NO4/c1-5-14(13-10-8-7-9-11-13)19(21)15(6-2)17-16(12-20)22-18(3,4)23-17/h1-2,7-11,14-17,20-21H,12H2,3-4H3/t14-,15+,16-,17+/m1/s1. The van der Waals surface area contributed by atoms with Crippen LogP contribution in [0.15, 0.2) is 30.3 Å². The summed E-state index contributed by atoms with van der Waals surface area (Å²) in [7, 11) is 0. The van der Waals surface area contributed by atoms with Crippen LogP contribution in [0.1, 0.15) is 25.5 Å². The summed E-state index contributed by atoms with van der Waals surface area (Å²) in [5.74, 6) is 4.13. The molecule has 0 bridgehead atoms. The summed E-state index contributed by atoms with van der Waals surface area (Å²) in [4.78, 5) is 0. The van der Waals surface area contributed by atoms with Crippen molar-refractivity contribution < 1.29 is 19.8 Å². The van der Waals surface area contributed by atoms with Crippen molar-refractivity contribution >= 4 is 0 Å². The van der Waals surface area contributed by atoms with Gasteiger partial charge in [-0.15, -0.1) is 12.8 Å². The lowest BCUT2D eigenvalue weighted by Gasteiger charge is -2.32. The van der Waals surface area contributed by atoms with Crippen molar-refractivity contribution in [2.45, 2.75) is 43.9 Å². The van der Waals surface area contributed by atoms with Crippen molar-refractivity contribution in [1.29, 1.82) is 0 Å². The number of benzene rings is 1. The summed E-state index contributed by atoms with van der Waals surface area (Å²) in [6.07, 6.45) is 9.82. The summed E-state index contributed by atoms with van der Waals surface area (Å²) in [5.41, 5.74) is 0.733. The molecule has 1 saturated heterocycles. The molecule has 5 nitrogen and oxygen atoms in total. The molecule has 1 fully saturated rings. The predicted molar refractivity (Wildman–Crippen MR) is 85.2 cm³/mol. The number of aliphatic hydroxyl groups excluding tert-OH is 1. The number of hydrogen-bond donors (Lipinski definition) is 2.